The van der Waals surface area contributed by atoms with Crippen molar-refractivity contribution in [2.45, 2.75) is 32.2 Å². The molecule has 1 aromatic rings. The van der Waals surface area contributed by atoms with Crippen molar-refractivity contribution in [2.75, 3.05) is 25.0 Å². The molecule has 1 heterocycles. The van der Waals surface area contributed by atoms with E-state index in [4.69, 9.17) is 4.74 Å². The fourth-order valence-electron chi connectivity index (χ4n) is 2.66. The van der Waals surface area contributed by atoms with Crippen LogP contribution >= 0.6 is 0 Å². The summed E-state index contributed by atoms with van der Waals surface area (Å²) in [6, 6.07) is 1.33. The molecule has 0 atom stereocenters. The first kappa shape index (κ1) is 20.5. The Balaban J connectivity index is 1.78. The normalized spacial score (nSPS) is 14.6. The predicted octanol–water partition coefficient (Wildman–Crippen LogP) is 2.17. The van der Waals surface area contributed by atoms with Gasteiger partial charge in [0.05, 0.1) is 12.3 Å². The number of nitrogens with one attached hydrogen (secondary N) is 2. The van der Waals surface area contributed by atoms with Gasteiger partial charge < -0.3 is 20.3 Å². The molecule has 7 nitrogen and oxygen atoms in total. The van der Waals surface area contributed by atoms with Crippen LogP contribution in [0.1, 0.15) is 26.2 Å². The Morgan fingerprint density at radius 3 is 2.41 bits per heavy atom. The number of amides is 3. The van der Waals surface area contributed by atoms with Crippen molar-refractivity contribution < 1.29 is 32.3 Å². The van der Waals surface area contributed by atoms with Crippen LogP contribution in [-0.2, 0) is 14.3 Å². The zero-order valence-corrected chi connectivity index (χ0v) is 14.7. The van der Waals surface area contributed by atoms with E-state index >= 15 is 0 Å². The van der Waals surface area contributed by atoms with Gasteiger partial charge in [-0.05, 0) is 31.9 Å². The molecule has 0 aromatic heterocycles. The van der Waals surface area contributed by atoms with E-state index in [1.807, 2.05) is 5.32 Å². The van der Waals surface area contributed by atoms with Crippen LogP contribution in [0.2, 0.25) is 0 Å². The minimum absolute atomic E-state index is 0.212. The lowest BCUT2D eigenvalue weighted by Crippen LogP contribution is -2.47. The number of ether oxygens (including phenoxy) is 1. The Bertz CT molecular complexity index is 722. The van der Waals surface area contributed by atoms with Crippen molar-refractivity contribution in [2.24, 2.45) is 0 Å². The van der Waals surface area contributed by atoms with E-state index < -0.39 is 47.5 Å². The molecule has 1 aromatic carbocycles. The maximum Gasteiger partial charge on any atom is 0.409 e. The van der Waals surface area contributed by atoms with Gasteiger partial charge in [-0.15, -0.1) is 0 Å². The summed E-state index contributed by atoms with van der Waals surface area (Å²) in [5.41, 5.74) is -0.547. The standard InChI is InChI=1S/C17H20F3N3O4/c1-2-27-17(26)23-7-5-10(6-8-23)21-13(24)9-14(25)22-12-4-3-11(18)15(19)16(12)20/h3-4,10H,2,5-9H2,1H3,(H,21,24)(H,22,25). The topological polar surface area (TPSA) is 87.7 Å². The van der Waals surface area contributed by atoms with Gasteiger partial charge in [0.1, 0.15) is 6.42 Å². The third-order valence-corrected chi connectivity index (χ3v) is 4.02. The Hall–Kier alpha value is -2.78. The number of carbonyl (C=O) groups excluding carboxylic acids is 3. The largest absolute Gasteiger partial charge is 0.450 e. The molecule has 0 saturated carbocycles. The quantitative estimate of drug-likeness (QED) is 0.599. The van der Waals surface area contributed by atoms with Gasteiger partial charge in [-0.25, -0.2) is 18.0 Å². The number of likely N-dealkylation sites (tertiary alicyclic amines) is 1. The minimum Gasteiger partial charge on any atom is -0.450 e. The number of piperidine rings is 1. The van der Waals surface area contributed by atoms with Crippen LogP contribution in [0.3, 0.4) is 0 Å². The summed E-state index contributed by atoms with van der Waals surface area (Å²) in [6.45, 7) is 2.82. The molecule has 10 heteroatoms. The van der Waals surface area contributed by atoms with Gasteiger partial charge in [-0.2, -0.15) is 0 Å². The molecule has 1 fully saturated rings. The molecule has 2 rings (SSSR count). The van der Waals surface area contributed by atoms with E-state index in [-0.39, 0.29) is 12.6 Å². The summed E-state index contributed by atoms with van der Waals surface area (Å²) in [5, 5.41) is 4.69. The summed E-state index contributed by atoms with van der Waals surface area (Å²) in [6.07, 6.45) is 0.00000604. The molecular weight excluding hydrogens is 367 g/mol. The molecule has 2 N–H and O–H groups in total. The second-order valence-corrected chi connectivity index (χ2v) is 5.98. The van der Waals surface area contributed by atoms with Gasteiger partial charge in [0.25, 0.3) is 0 Å². The number of halogens is 3. The number of hydrogen-bond acceptors (Lipinski definition) is 4. The molecule has 0 unspecified atom stereocenters. The average Bonchev–Trinajstić information content (AvgIpc) is 2.63. The summed E-state index contributed by atoms with van der Waals surface area (Å²) >= 11 is 0. The van der Waals surface area contributed by atoms with E-state index in [1.165, 1.54) is 4.90 Å². The van der Waals surface area contributed by atoms with Gasteiger partial charge in [-0.1, -0.05) is 0 Å². The monoisotopic (exact) mass is 387 g/mol. The zero-order valence-electron chi connectivity index (χ0n) is 14.7. The average molecular weight is 387 g/mol. The highest BCUT2D eigenvalue weighted by Crippen LogP contribution is 2.19. The van der Waals surface area contributed by atoms with Crippen molar-refractivity contribution in [1.82, 2.24) is 10.2 Å². The highest BCUT2D eigenvalue weighted by atomic mass is 19.2. The first-order chi connectivity index (χ1) is 12.8. The molecule has 3 amide bonds. The molecule has 0 radical (unpaired) electrons. The van der Waals surface area contributed by atoms with Crippen molar-refractivity contribution >= 4 is 23.6 Å². The fraction of sp³-hybridized carbons (Fsp3) is 0.471. The lowest BCUT2D eigenvalue weighted by molar-refractivity contribution is -0.127. The number of hydrogen-bond donors (Lipinski definition) is 2. The number of anilines is 1. The molecular formula is C17H20F3N3O4. The van der Waals surface area contributed by atoms with Gasteiger partial charge in [-0.3, -0.25) is 9.59 Å². The highest BCUT2D eigenvalue weighted by Gasteiger charge is 2.25. The molecule has 27 heavy (non-hydrogen) atoms. The molecule has 1 aliphatic rings. The van der Waals surface area contributed by atoms with Crippen molar-refractivity contribution in [1.29, 1.82) is 0 Å². The summed E-state index contributed by atoms with van der Waals surface area (Å²) in [7, 11) is 0. The van der Waals surface area contributed by atoms with Gasteiger partial charge in [0.15, 0.2) is 17.5 Å². The summed E-state index contributed by atoms with van der Waals surface area (Å²) in [4.78, 5) is 36.9. The number of carbonyl (C=O) groups is 3. The number of benzene rings is 1. The first-order valence-electron chi connectivity index (χ1n) is 8.46. The number of rotatable bonds is 5. The van der Waals surface area contributed by atoms with Gasteiger partial charge in [0, 0.05) is 19.1 Å². The molecule has 148 valence electrons. The van der Waals surface area contributed by atoms with E-state index in [9.17, 15) is 27.6 Å². The fourth-order valence-corrected chi connectivity index (χ4v) is 2.66. The molecule has 0 spiro atoms. The van der Waals surface area contributed by atoms with Crippen molar-refractivity contribution in [3.05, 3.63) is 29.6 Å². The smallest absolute Gasteiger partial charge is 0.409 e. The van der Waals surface area contributed by atoms with E-state index in [0.29, 0.717) is 32.0 Å². The van der Waals surface area contributed by atoms with Crippen LogP contribution in [-0.4, -0.2) is 48.5 Å². The first-order valence-corrected chi connectivity index (χ1v) is 8.46. The zero-order chi connectivity index (χ0) is 20.0. The molecule has 0 aliphatic carbocycles. The van der Waals surface area contributed by atoms with Gasteiger partial charge in [0.2, 0.25) is 11.8 Å². The Kier molecular flexibility index (Phi) is 7.03. The lowest BCUT2D eigenvalue weighted by Gasteiger charge is -2.31. The third kappa shape index (κ3) is 5.60. The van der Waals surface area contributed by atoms with Gasteiger partial charge >= 0.3 is 6.09 Å². The van der Waals surface area contributed by atoms with Crippen LogP contribution in [0.25, 0.3) is 0 Å². The van der Waals surface area contributed by atoms with Crippen molar-refractivity contribution in [3.8, 4) is 0 Å². The Morgan fingerprint density at radius 2 is 1.78 bits per heavy atom. The molecule has 0 bridgehead atoms. The van der Waals surface area contributed by atoms with E-state index in [2.05, 4.69) is 5.32 Å². The number of nitrogens with zero attached hydrogens (tertiary/aromatic N) is 1. The third-order valence-electron chi connectivity index (χ3n) is 4.02. The molecule has 1 aliphatic heterocycles. The highest BCUT2D eigenvalue weighted by molar-refractivity contribution is 6.03. The summed E-state index contributed by atoms with van der Waals surface area (Å²) < 4.78 is 44.4. The minimum atomic E-state index is -1.70. The Labute approximate surface area is 153 Å². The van der Waals surface area contributed by atoms with Crippen LogP contribution in [0.4, 0.5) is 23.7 Å². The van der Waals surface area contributed by atoms with Crippen LogP contribution in [0.5, 0.6) is 0 Å². The second kappa shape index (κ2) is 9.24. The van der Waals surface area contributed by atoms with Crippen LogP contribution in [0, 0.1) is 17.5 Å². The van der Waals surface area contributed by atoms with Crippen LogP contribution < -0.4 is 10.6 Å². The summed E-state index contributed by atoms with van der Waals surface area (Å²) in [5.74, 6) is -6.07. The van der Waals surface area contributed by atoms with Crippen LogP contribution in [0.15, 0.2) is 12.1 Å². The van der Waals surface area contributed by atoms with Crippen molar-refractivity contribution in [3.63, 3.8) is 0 Å². The molecule has 1 saturated heterocycles. The maximum absolute atomic E-state index is 13.5. The van der Waals surface area contributed by atoms with E-state index in [0.717, 1.165) is 6.07 Å². The lowest BCUT2D eigenvalue weighted by atomic mass is 10.1. The second-order valence-electron chi connectivity index (χ2n) is 5.98. The van der Waals surface area contributed by atoms with E-state index in [1.54, 1.807) is 6.92 Å². The Morgan fingerprint density at radius 1 is 1.11 bits per heavy atom. The predicted molar refractivity (Wildman–Crippen MR) is 89.3 cm³/mol. The maximum atomic E-state index is 13.5. The SMILES string of the molecule is CCOC(=O)N1CCC(NC(=O)CC(=O)Nc2ccc(F)c(F)c2F)CC1.